The Balaban J connectivity index is 3.03. The van der Waals surface area contributed by atoms with Crippen LogP contribution in [-0.4, -0.2) is 51.5 Å². The van der Waals surface area contributed by atoms with Crippen molar-refractivity contribution >= 4 is 18.2 Å². The van der Waals surface area contributed by atoms with E-state index in [-0.39, 0.29) is 17.9 Å². The first-order valence-corrected chi connectivity index (χ1v) is 5.77. The Morgan fingerprint density at radius 3 is 2.20 bits per heavy atom. The molecule has 0 saturated heterocycles. The second kappa shape index (κ2) is 6.67. The van der Waals surface area contributed by atoms with Gasteiger partial charge in [0.15, 0.2) is 6.29 Å². The molecular formula is C13H15NO6. The molecule has 3 N–H and O–H groups in total. The molecule has 7 heteroatoms. The maximum absolute atomic E-state index is 10.8. The largest absolute Gasteiger partial charge is 0.507 e. The first-order valence-electron chi connectivity index (χ1n) is 5.77. The zero-order chi connectivity index (χ0) is 15.3. The Kier molecular flexibility index (Phi) is 5.22. The van der Waals surface area contributed by atoms with Gasteiger partial charge in [-0.15, -0.1) is 0 Å². The molecule has 20 heavy (non-hydrogen) atoms. The van der Waals surface area contributed by atoms with Crippen molar-refractivity contribution in [1.82, 2.24) is 4.90 Å². The van der Waals surface area contributed by atoms with Crippen molar-refractivity contribution in [2.24, 2.45) is 0 Å². The van der Waals surface area contributed by atoms with Gasteiger partial charge in [-0.3, -0.25) is 19.3 Å². The molecule has 0 aliphatic carbocycles. The van der Waals surface area contributed by atoms with Gasteiger partial charge < -0.3 is 15.3 Å². The standard InChI is InChI=1S/C13H15NO6/c1-8-2-9(13(20)10(3-8)7-15)4-14(5-11(16)17)6-12(18)19/h2-3,7,20H,4-6H2,1H3,(H,16,17)(H,18,19). The summed E-state index contributed by atoms with van der Waals surface area (Å²) in [5.41, 5.74) is 1.12. The molecule has 108 valence electrons. The van der Waals surface area contributed by atoms with Crippen LogP contribution in [0.4, 0.5) is 0 Å². The van der Waals surface area contributed by atoms with Crippen LogP contribution in [0.25, 0.3) is 0 Å². The second-order valence-corrected chi connectivity index (χ2v) is 4.41. The van der Waals surface area contributed by atoms with E-state index in [1.807, 2.05) is 0 Å². The zero-order valence-corrected chi connectivity index (χ0v) is 10.9. The van der Waals surface area contributed by atoms with Gasteiger partial charge in [-0.05, 0) is 18.6 Å². The van der Waals surface area contributed by atoms with Gasteiger partial charge in [0.1, 0.15) is 5.75 Å². The number of phenolic OH excluding ortho intramolecular Hbond substituents is 1. The quantitative estimate of drug-likeness (QED) is 0.623. The number of aldehydes is 1. The summed E-state index contributed by atoms with van der Waals surface area (Å²) < 4.78 is 0. The van der Waals surface area contributed by atoms with Crippen molar-refractivity contribution in [3.63, 3.8) is 0 Å². The molecule has 0 aliphatic rings. The molecule has 1 aromatic rings. The molecule has 0 heterocycles. The van der Waals surface area contributed by atoms with Crippen molar-refractivity contribution in [2.45, 2.75) is 13.5 Å². The number of aliphatic carboxylic acids is 2. The predicted octanol–water partition coefficient (Wildman–Crippen LogP) is 0.484. The molecule has 0 bridgehead atoms. The van der Waals surface area contributed by atoms with Crippen LogP contribution in [0.2, 0.25) is 0 Å². The third-order valence-corrected chi connectivity index (χ3v) is 2.60. The summed E-state index contributed by atoms with van der Waals surface area (Å²) in [7, 11) is 0. The minimum absolute atomic E-state index is 0.0764. The lowest BCUT2D eigenvalue weighted by Gasteiger charge is -2.19. The normalized spacial score (nSPS) is 10.5. The molecule has 1 aromatic carbocycles. The van der Waals surface area contributed by atoms with Crippen LogP contribution < -0.4 is 0 Å². The molecule has 0 spiro atoms. The number of phenols is 1. The number of carboxylic acids is 2. The average molecular weight is 281 g/mol. The molecule has 0 atom stereocenters. The maximum Gasteiger partial charge on any atom is 0.317 e. The molecule has 0 aromatic heterocycles. The highest BCUT2D eigenvalue weighted by atomic mass is 16.4. The van der Waals surface area contributed by atoms with Gasteiger partial charge in [0.05, 0.1) is 18.7 Å². The lowest BCUT2D eigenvalue weighted by molar-refractivity contribution is -0.142. The highest BCUT2D eigenvalue weighted by molar-refractivity contribution is 5.80. The summed E-state index contributed by atoms with van der Waals surface area (Å²) in [6, 6.07) is 3.07. The molecule has 0 saturated carbocycles. The van der Waals surface area contributed by atoms with E-state index in [1.54, 1.807) is 13.0 Å². The molecule has 0 unspecified atom stereocenters. The van der Waals surface area contributed by atoms with E-state index in [0.29, 0.717) is 17.4 Å². The third kappa shape index (κ3) is 4.36. The number of rotatable bonds is 7. The van der Waals surface area contributed by atoms with E-state index < -0.39 is 25.0 Å². The molecule has 0 amide bonds. The van der Waals surface area contributed by atoms with E-state index in [4.69, 9.17) is 10.2 Å². The van der Waals surface area contributed by atoms with E-state index in [0.717, 1.165) is 4.90 Å². The van der Waals surface area contributed by atoms with Gasteiger partial charge >= 0.3 is 11.9 Å². The number of aryl methyl sites for hydroxylation is 1. The SMILES string of the molecule is Cc1cc(C=O)c(O)c(CN(CC(=O)O)CC(=O)O)c1. The number of nitrogens with zero attached hydrogens (tertiary/aromatic N) is 1. The Morgan fingerprint density at radius 1 is 1.20 bits per heavy atom. The van der Waals surface area contributed by atoms with Crippen molar-refractivity contribution in [1.29, 1.82) is 0 Å². The molecule has 0 radical (unpaired) electrons. The summed E-state index contributed by atoms with van der Waals surface area (Å²) in [6.07, 6.45) is 0.491. The Morgan fingerprint density at radius 2 is 1.75 bits per heavy atom. The fraction of sp³-hybridized carbons (Fsp3) is 0.308. The number of benzene rings is 1. The highest BCUT2D eigenvalue weighted by Gasteiger charge is 2.17. The van der Waals surface area contributed by atoms with Crippen LogP contribution >= 0.6 is 0 Å². The Bertz CT molecular complexity index is 524. The highest BCUT2D eigenvalue weighted by Crippen LogP contribution is 2.24. The maximum atomic E-state index is 10.8. The topological polar surface area (TPSA) is 115 Å². The smallest absolute Gasteiger partial charge is 0.317 e. The predicted molar refractivity (Wildman–Crippen MR) is 68.8 cm³/mol. The molecular weight excluding hydrogens is 266 g/mol. The van der Waals surface area contributed by atoms with Crippen LogP contribution in [0, 0.1) is 6.92 Å². The second-order valence-electron chi connectivity index (χ2n) is 4.41. The summed E-state index contributed by atoms with van der Waals surface area (Å²) in [5, 5.41) is 27.4. The lowest BCUT2D eigenvalue weighted by atomic mass is 10.0. The minimum atomic E-state index is -1.17. The average Bonchev–Trinajstić information content (AvgIpc) is 2.31. The summed E-state index contributed by atoms with van der Waals surface area (Å²) in [6.45, 7) is 0.688. The molecule has 0 fully saturated rings. The molecule has 7 nitrogen and oxygen atoms in total. The number of hydrogen-bond donors (Lipinski definition) is 3. The summed E-state index contributed by atoms with van der Waals surface area (Å²) in [5.74, 6) is -2.60. The molecule has 0 aliphatic heterocycles. The van der Waals surface area contributed by atoms with Crippen molar-refractivity contribution in [3.05, 3.63) is 28.8 Å². The Labute approximate surface area is 115 Å². The number of carbonyl (C=O) groups is 3. The van der Waals surface area contributed by atoms with Crippen molar-refractivity contribution < 1.29 is 29.7 Å². The van der Waals surface area contributed by atoms with Gasteiger partial charge in [-0.2, -0.15) is 0 Å². The van der Waals surface area contributed by atoms with Gasteiger partial charge in [-0.1, -0.05) is 6.07 Å². The van der Waals surface area contributed by atoms with Gasteiger partial charge in [-0.25, -0.2) is 0 Å². The fourth-order valence-corrected chi connectivity index (χ4v) is 1.89. The number of carbonyl (C=O) groups excluding carboxylic acids is 1. The van der Waals surface area contributed by atoms with E-state index in [2.05, 4.69) is 0 Å². The lowest BCUT2D eigenvalue weighted by Crippen LogP contribution is -2.34. The fourth-order valence-electron chi connectivity index (χ4n) is 1.89. The number of carboxylic acid groups (broad SMARTS) is 2. The van der Waals surface area contributed by atoms with Crippen LogP contribution in [0.15, 0.2) is 12.1 Å². The Hall–Kier alpha value is -2.41. The summed E-state index contributed by atoms with van der Waals surface area (Å²) in [4.78, 5) is 33.4. The van der Waals surface area contributed by atoms with Gasteiger partial charge in [0, 0.05) is 12.1 Å². The van der Waals surface area contributed by atoms with E-state index in [1.165, 1.54) is 6.07 Å². The minimum Gasteiger partial charge on any atom is -0.507 e. The van der Waals surface area contributed by atoms with E-state index >= 15 is 0 Å². The van der Waals surface area contributed by atoms with E-state index in [9.17, 15) is 19.5 Å². The van der Waals surface area contributed by atoms with Crippen molar-refractivity contribution in [2.75, 3.05) is 13.1 Å². The first kappa shape index (κ1) is 15.6. The van der Waals surface area contributed by atoms with Crippen LogP contribution in [0.3, 0.4) is 0 Å². The monoisotopic (exact) mass is 281 g/mol. The third-order valence-electron chi connectivity index (χ3n) is 2.60. The van der Waals surface area contributed by atoms with Gasteiger partial charge in [0.2, 0.25) is 0 Å². The van der Waals surface area contributed by atoms with Crippen LogP contribution in [0.1, 0.15) is 21.5 Å². The summed E-state index contributed by atoms with van der Waals surface area (Å²) >= 11 is 0. The molecule has 1 rings (SSSR count). The number of aromatic hydroxyl groups is 1. The van der Waals surface area contributed by atoms with Crippen LogP contribution in [0.5, 0.6) is 5.75 Å². The van der Waals surface area contributed by atoms with Gasteiger partial charge in [0.25, 0.3) is 0 Å². The van der Waals surface area contributed by atoms with Crippen LogP contribution in [-0.2, 0) is 16.1 Å². The van der Waals surface area contributed by atoms with Crippen molar-refractivity contribution in [3.8, 4) is 5.75 Å². The zero-order valence-electron chi connectivity index (χ0n) is 10.9. The number of hydrogen-bond acceptors (Lipinski definition) is 5. The first-order chi connectivity index (χ1) is 9.33.